The van der Waals surface area contributed by atoms with Crippen LogP contribution in [0.3, 0.4) is 0 Å². The number of aliphatic hydroxyl groups is 1. The molecule has 0 radical (unpaired) electrons. The van der Waals surface area contributed by atoms with E-state index in [4.69, 9.17) is 0 Å². The summed E-state index contributed by atoms with van der Waals surface area (Å²) in [5.74, 6) is 0. The first-order valence-electron chi connectivity index (χ1n) is 11.0. The Hall–Kier alpha value is -0.820. The Bertz CT molecular complexity index is 400. The van der Waals surface area contributed by atoms with Gasteiger partial charge in [-0.05, 0) is 18.4 Å². The molecule has 144 valence electrons. The van der Waals surface area contributed by atoms with Crippen LogP contribution in [-0.4, -0.2) is 5.11 Å². The summed E-state index contributed by atoms with van der Waals surface area (Å²) in [6.07, 6.45) is 19.5. The molecule has 1 atom stereocenters. The number of benzene rings is 1. The standard InChI is InChI=1S/C24H42O/c1-3-5-6-7-8-9-10-11-12-13-14-15-19-22-24(25,4-2)23-20-17-16-18-21-23/h16-18,20-21,25H,3-15,19,22H2,1-2H3/t24-/m0/s1. The summed E-state index contributed by atoms with van der Waals surface area (Å²) < 4.78 is 0. The van der Waals surface area contributed by atoms with Crippen molar-refractivity contribution < 1.29 is 5.11 Å². The summed E-state index contributed by atoms with van der Waals surface area (Å²) in [6, 6.07) is 10.2. The van der Waals surface area contributed by atoms with Crippen LogP contribution in [0.4, 0.5) is 0 Å². The van der Waals surface area contributed by atoms with E-state index < -0.39 is 5.60 Å². The zero-order valence-corrected chi connectivity index (χ0v) is 16.9. The van der Waals surface area contributed by atoms with Gasteiger partial charge in [-0.2, -0.15) is 0 Å². The fourth-order valence-corrected chi connectivity index (χ4v) is 3.71. The predicted octanol–water partition coefficient (Wildman–Crippen LogP) is 7.77. The van der Waals surface area contributed by atoms with Crippen LogP contribution in [0.15, 0.2) is 30.3 Å². The van der Waals surface area contributed by atoms with Crippen LogP contribution in [0, 0.1) is 0 Å². The van der Waals surface area contributed by atoms with Gasteiger partial charge in [0, 0.05) is 0 Å². The zero-order chi connectivity index (χ0) is 18.2. The van der Waals surface area contributed by atoms with Gasteiger partial charge in [0.1, 0.15) is 0 Å². The molecule has 1 nitrogen and oxygen atoms in total. The van der Waals surface area contributed by atoms with Crippen molar-refractivity contribution in [2.24, 2.45) is 0 Å². The number of hydrogen-bond donors (Lipinski definition) is 1. The summed E-state index contributed by atoms with van der Waals surface area (Å²) in [4.78, 5) is 0. The van der Waals surface area contributed by atoms with Gasteiger partial charge >= 0.3 is 0 Å². The van der Waals surface area contributed by atoms with Crippen LogP contribution < -0.4 is 0 Å². The minimum absolute atomic E-state index is 0.626. The first-order valence-corrected chi connectivity index (χ1v) is 11.0. The Kier molecular flexibility index (Phi) is 12.8. The van der Waals surface area contributed by atoms with Gasteiger partial charge in [0.05, 0.1) is 5.60 Å². The highest BCUT2D eigenvalue weighted by Crippen LogP contribution is 2.30. The van der Waals surface area contributed by atoms with E-state index in [0.29, 0.717) is 0 Å². The lowest BCUT2D eigenvalue weighted by Gasteiger charge is -2.27. The normalized spacial score (nSPS) is 13.7. The van der Waals surface area contributed by atoms with Gasteiger partial charge in [-0.15, -0.1) is 0 Å². The van der Waals surface area contributed by atoms with E-state index in [1.165, 1.54) is 77.0 Å². The van der Waals surface area contributed by atoms with E-state index in [1.54, 1.807) is 0 Å². The first kappa shape index (κ1) is 22.2. The van der Waals surface area contributed by atoms with Crippen molar-refractivity contribution in [2.75, 3.05) is 0 Å². The lowest BCUT2D eigenvalue weighted by atomic mass is 9.86. The third-order valence-electron chi connectivity index (χ3n) is 5.59. The molecule has 0 heterocycles. The summed E-state index contributed by atoms with van der Waals surface area (Å²) in [7, 11) is 0. The molecule has 0 spiro atoms. The molecule has 0 bridgehead atoms. The Morgan fingerprint density at radius 1 is 0.640 bits per heavy atom. The second-order valence-corrected chi connectivity index (χ2v) is 7.74. The lowest BCUT2D eigenvalue weighted by molar-refractivity contribution is 0.0207. The quantitative estimate of drug-likeness (QED) is 0.303. The molecule has 0 aliphatic heterocycles. The average molecular weight is 347 g/mol. The third-order valence-corrected chi connectivity index (χ3v) is 5.59. The summed E-state index contributed by atoms with van der Waals surface area (Å²) >= 11 is 0. The highest BCUT2D eigenvalue weighted by Gasteiger charge is 2.25. The summed E-state index contributed by atoms with van der Waals surface area (Å²) in [5.41, 5.74) is 0.454. The molecule has 0 saturated carbocycles. The van der Waals surface area contributed by atoms with Gasteiger partial charge in [0.15, 0.2) is 0 Å². The molecule has 1 rings (SSSR count). The molecular formula is C24H42O. The molecule has 0 saturated heterocycles. The van der Waals surface area contributed by atoms with Gasteiger partial charge in [0.25, 0.3) is 0 Å². The van der Waals surface area contributed by atoms with Crippen LogP contribution in [0.5, 0.6) is 0 Å². The third kappa shape index (κ3) is 10.0. The van der Waals surface area contributed by atoms with E-state index >= 15 is 0 Å². The van der Waals surface area contributed by atoms with Crippen molar-refractivity contribution in [1.82, 2.24) is 0 Å². The number of hydrogen-bond acceptors (Lipinski definition) is 1. The topological polar surface area (TPSA) is 20.2 Å². The number of unbranched alkanes of at least 4 members (excludes halogenated alkanes) is 12. The molecule has 0 fully saturated rings. The maximum absolute atomic E-state index is 10.9. The van der Waals surface area contributed by atoms with Gasteiger partial charge in [-0.1, -0.05) is 128 Å². The van der Waals surface area contributed by atoms with E-state index in [2.05, 4.69) is 26.0 Å². The van der Waals surface area contributed by atoms with Gasteiger partial charge in [-0.3, -0.25) is 0 Å². The van der Waals surface area contributed by atoms with Gasteiger partial charge in [0.2, 0.25) is 0 Å². The monoisotopic (exact) mass is 346 g/mol. The first-order chi connectivity index (χ1) is 12.2. The molecule has 1 heteroatoms. The van der Waals surface area contributed by atoms with Gasteiger partial charge < -0.3 is 5.11 Å². The predicted molar refractivity (Wildman–Crippen MR) is 111 cm³/mol. The van der Waals surface area contributed by atoms with Crippen molar-refractivity contribution in [3.63, 3.8) is 0 Å². The Morgan fingerprint density at radius 2 is 1.08 bits per heavy atom. The smallest absolute Gasteiger partial charge is 0.0893 e. The molecule has 1 N–H and O–H groups in total. The zero-order valence-electron chi connectivity index (χ0n) is 16.9. The Labute approximate surface area is 157 Å². The largest absolute Gasteiger partial charge is 0.385 e. The highest BCUT2D eigenvalue weighted by atomic mass is 16.3. The van der Waals surface area contributed by atoms with Crippen molar-refractivity contribution >= 4 is 0 Å². The van der Waals surface area contributed by atoms with E-state index in [-0.39, 0.29) is 0 Å². The maximum atomic E-state index is 10.9. The molecule has 0 aliphatic carbocycles. The van der Waals surface area contributed by atoms with E-state index in [9.17, 15) is 5.11 Å². The summed E-state index contributed by atoms with van der Waals surface area (Å²) in [5, 5.41) is 10.9. The van der Waals surface area contributed by atoms with Gasteiger partial charge in [-0.25, -0.2) is 0 Å². The minimum atomic E-state index is -0.626. The summed E-state index contributed by atoms with van der Waals surface area (Å²) in [6.45, 7) is 4.37. The van der Waals surface area contributed by atoms with E-state index in [1.807, 2.05) is 18.2 Å². The van der Waals surface area contributed by atoms with Crippen molar-refractivity contribution in [3.8, 4) is 0 Å². The molecular weight excluding hydrogens is 304 g/mol. The van der Waals surface area contributed by atoms with Crippen LogP contribution in [0.1, 0.15) is 116 Å². The van der Waals surface area contributed by atoms with Crippen LogP contribution >= 0.6 is 0 Å². The molecule has 1 aromatic carbocycles. The van der Waals surface area contributed by atoms with Crippen LogP contribution in [-0.2, 0) is 5.60 Å². The molecule has 1 aromatic rings. The van der Waals surface area contributed by atoms with E-state index in [0.717, 1.165) is 24.8 Å². The maximum Gasteiger partial charge on any atom is 0.0893 e. The molecule has 0 unspecified atom stereocenters. The van der Waals surface area contributed by atoms with Crippen LogP contribution in [0.25, 0.3) is 0 Å². The van der Waals surface area contributed by atoms with Crippen LogP contribution in [0.2, 0.25) is 0 Å². The fraction of sp³-hybridized carbons (Fsp3) is 0.750. The van der Waals surface area contributed by atoms with Crippen molar-refractivity contribution in [1.29, 1.82) is 0 Å². The average Bonchev–Trinajstić information content (AvgIpc) is 2.66. The second kappa shape index (κ2) is 14.4. The Morgan fingerprint density at radius 3 is 1.52 bits per heavy atom. The molecule has 0 aromatic heterocycles. The minimum Gasteiger partial charge on any atom is -0.385 e. The Balaban J connectivity index is 1.97. The fourth-order valence-electron chi connectivity index (χ4n) is 3.71. The molecule has 25 heavy (non-hydrogen) atoms. The van der Waals surface area contributed by atoms with Crippen molar-refractivity contribution in [2.45, 2.75) is 116 Å². The lowest BCUT2D eigenvalue weighted by Crippen LogP contribution is -2.24. The molecule has 0 aliphatic rings. The SMILES string of the molecule is CCCCCCCCCCCCCCC[C@@](O)(CC)c1ccccc1. The van der Waals surface area contributed by atoms with Crippen molar-refractivity contribution in [3.05, 3.63) is 35.9 Å². The second-order valence-electron chi connectivity index (χ2n) is 7.74. The highest BCUT2D eigenvalue weighted by molar-refractivity contribution is 5.21. The molecule has 0 amide bonds. The number of rotatable bonds is 16.